The largest absolute Gasteiger partial charge is 0.298 e. The van der Waals surface area contributed by atoms with Crippen LogP contribution < -0.4 is 5.32 Å². The molecule has 0 bridgehead atoms. The number of rotatable bonds is 2. The Morgan fingerprint density at radius 1 is 1.09 bits per heavy atom. The van der Waals surface area contributed by atoms with E-state index in [1.807, 2.05) is 0 Å². The average molecular weight is 359 g/mol. The molecule has 0 aliphatic rings. The maximum absolute atomic E-state index is 13.1. The van der Waals surface area contributed by atoms with E-state index in [9.17, 15) is 13.6 Å². The zero-order valence-electron chi connectivity index (χ0n) is 10.7. The smallest absolute Gasteiger partial charge is 0.257 e. The minimum absolute atomic E-state index is 0.138. The lowest BCUT2D eigenvalue weighted by molar-refractivity contribution is 0.102. The molecule has 0 unspecified atom stereocenters. The third kappa shape index (κ3) is 3.04. The first-order valence-electron chi connectivity index (χ1n) is 5.95. The van der Waals surface area contributed by atoms with Crippen LogP contribution in [0.3, 0.4) is 0 Å². The fraction of sp³-hybridized carbons (Fsp3) is 0. The van der Waals surface area contributed by atoms with Gasteiger partial charge in [-0.3, -0.25) is 10.1 Å². The molecule has 1 N–H and O–H groups in total. The molecule has 8 heteroatoms. The molecule has 1 amide bonds. The highest BCUT2D eigenvalue weighted by molar-refractivity contribution is 7.22. The number of thiazole rings is 1. The summed E-state index contributed by atoms with van der Waals surface area (Å²) < 4.78 is 26.9. The van der Waals surface area contributed by atoms with Gasteiger partial charge in [0, 0.05) is 16.7 Å². The monoisotopic (exact) mass is 358 g/mol. The van der Waals surface area contributed by atoms with Crippen molar-refractivity contribution in [2.45, 2.75) is 0 Å². The number of nitrogens with one attached hydrogen (secondary N) is 1. The summed E-state index contributed by atoms with van der Waals surface area (Å²) in [4.78, 5) is 16.2. The van der Waals surface area contributed by atoms with E-state index in [0.29, 0.717) is 26.3 Å². The van der Waals surface area contributed by atoms with Crippen molar-refractivity contribution in [2.75, 3.05) is 5.32 Å². The first-order chi connectivity index (χ1) is 10.4. The van der Waals surface area contributed by atoms with Gasteiger partial charge in [0.05, 0.1) is 9.72 Å². The molecule has 112 valence electrons. The molecule has 3 nitrogen and oxygen atoms in total. The number of aromatic nitrogens is 1. The van der Waals surface area contributed by atoms with Crippen molar-refractivity contribution >= 4 is 55.8 Å². The van der Waals surface area contributed by atoms with Gasteiger partial charge in [0.25, 0.3) is 5.91 Å². The minimum atomic E-state index is -0.829. The third-order valence-electron chi connectivity index (χ3n) is 2.76. The van der Waals surface area contributed by atoms with Crippen molar-refractivity contribution in [1.29, 1.82) is 0 Å². The number of hydrogen-bond donors (Lipinski definition) is 1. The molecule has 22 heavy (non-hydrogen) atoms. The van der Waals surface area contributed by atoms with Crippen LogP contribution >= 0.6 is 34.5 Å². The Kier molecular flexibility index (Phi) is 3.99. The summed E-state index contributed by atoms with van der Waals surface area (Å²) in [5.74, 6) is -2.33. The van der Waals surface area contributed by atoms with Gasteiger partial charge in [-0.2, -0.15) is 0 Å². The topological polar surface area (TPSA) is 42.0 Å². The van der Waals surface area contributed by atoms with E-state index in [1.165, 1.54) is 0 Å². The molecule has 0 aliphatic heterocycles. The molecule has 0 fully saturated rings. The van der Waals surface area contributed by atoms with E-state index >= 15 is 0 Å². The highest BCUT2D eigenvalue weighted by Gasteiger charge is 2.14. The van der Waals surface area contributed by atoms with Crippen LogP contribution in [0, 0.1) is 11.6 Å². The molecule has 0 spiro atoms. The molecule has 3 rings (SSSR count). The first kappa shape index (κ1) is 15.1. The first-order valence-corrected chi connectivity index (χ1v) is 7.52. The lowest BCUT2D eigenvalue weighted by Gasteiger charge is -2.02. The van der Waals surface area contributed by atoms with Crippen LogP contribution in [-0.4, -0.2) is 10.9 Å². The van der Waals surface area contributed by atoms with Crippen LogP contribution in [0.15, 0.2) is 30.3 Å². The summed E-state index contributed by atoms with van der Waals surface area (Å²) in [5, 5.41) is 3.55. The molecule has 3 aromatic rings. The van der Waals surface area contributed by atoms with Crippen molar-refractivity contribution in [2.24, 2.45) is 0 Å². The normalized spacial score (nSPS) is 10.9. The third-order valence-corrected chi connectivity index (χ3v) is 4.18. The quantitative estimate of drug-likeness (QED) is 0.689. The molecule has 2 aromatic carbocycles. The fourth-order valence-electron chi connectivity index (χ4n) is 1.86. The van der Waals surface area contributed by atoms with Gasteiger partial charge in [0.2, 0.25) is 0 Å². The Morgan fingerprint density at radius 2 is 1.77 bits per heavy atom. The van der Waals surface area contributed by atoms with E-state index < -0.39 is 17.5 Å². The zero-order valence-corrected chi connectivity index (χ0v) is 13.0. The Bertz CT molecular complexity index is 878. The van der Waals surface area contributed by atoms with E-state index in [2.05, 4.69) is 10.3 Å². The van der Waals surface area contributed by atoms with E-state index in [-0.39, 0.29) is 10.7 Å². The summed E-state index contributed by atoms with van der Waals surface area (Å²) in [6.07, 6.45) is 0. The summed E-state index contributed by atoms with van der Waals surface area (Å²) >= 11 is 13.1. The maximum atomic E-state index is 13.1. The predicted molar refractivity (Wildman–Crippen MR) is 84.0 cm³/mol. The van der Waals surface area contributed by atoms with Crippen LogP contribution in [0.5, 0.6) is 0 Å². The second kappa shape index (κ2) is 5.79. The second-order valence-corrected chi connectivity index (χ2v) is 6.24. The van der Waals surface area contributed by atoms with Gasteiger partial charge in [0.15, 0.2) is 5.13 Å². The fourth-order valence-corrected chi connectivity index (χ4v) is 3.45. The number of carbonyl (C=O) groups is 1. The van der Waals surface area contributed by atoms with Crippen LogP contribution in [0.1, 0.15) is 10.4 Å². The second-order valence-electron chi connectivity index (χ2n) is 4.37. The Hall–Kier alpha value is -1.76. The van der Waals surface area contributed by atoms with E-state index in [1.54, 1.807) is 12.1 Å². The van der Waals surface area contributed by atoms with E-state index in [0.717, 1.165) is 23.5 Å². The van der Waals surface area contributed by atoms with Gasteiger partial charge >= 0.3 is 0 Å². The highest BCUT2D eigenvalue weighted by Crippen LogP contribution is 2.33. The summed E-state index contributed by atoms with van der Waals surface area (Å²) in [5.41, 5.74) is 0.359. The summed E-state index contributed by atoms with van der Waals surface area (Å²) in [6.45, 7) is 0. The summed E-state index contributed by atoms with van der Waals surface area (Å²) in [6, 6.07) is 5.78. The van der Waals surface area contributed by atoms with Crippen molar-refractivity contribution < 1.29 is 13.6 Å². The Morgan fingerprint density at radius 3 is 2.45 bits per heavy atom. The standard InChI is InChI=1S/C14H6Cl2F2N2OS/c15-7-3-10(16)12-11(4-7)22-14(19-12)20-13(21)6-1-8(17)5-9(18)2-6/h1-5H,(H,19,20,21). The number of hydrogen-bond acceptors (Lipinski definition) is 3. The van der Waals surface area contributed by atoms with Crippen LogP contribution in [0.2, 0.25) is 10.0 Å². The van der Waals surface area contributed by atoms with Gasteiger partial charge in [-0.25, -0.2) is 13.8 Å². The van der Waals surface area contributed by atoms with E-state index in [4.69, 9.17) is 23.2 Å². The molecular formula is C14H6Cl2F2N2OS. The summed E-state index contributed by atoms with van der Waals surface area (Å²) in [7, 11) is 0. The number of halogens is 4. The lowest BCUT2D eigenvalue weighted by atomic mass is 10.2. The van der Waals surface area contributed by atoms with Gasteiger partial charge in [0.1, 0.15) is 17.2 Å². The van der Waals surface area contributed by atoms with Crippen LogP contribution in [0.4, 0.5) is 13.9 Å². The number of benzene rings is 2. The van der Waals surface area contributed by atoms with Crippen molar-refractivity contribution in [1.82, 2.24) is 4.98 Å². The Labute approximate surface area is 137 Å². The van der Waals surface area contributed by atoms with Crippen molar-refractivity contribution in [3.63, 3.8) is 0 Å². The lowest BCUT2D eigenvalue weighted by Crippen LogP contribution is -2.12. The van der Waals surface area contributed by atoms with Gasteiger partial charge in [-0.05, 0) is 24.3 Å². The molecule has 0 saturated heterocycles. The molecule has 0 radical (unpaired) electrons. The molecule has 0 aliphatic carbocycles. The number of fused-ring (bicyclic) bond motifs is 1. The number of amides is 1. The molecule has 1 heterocycles. The zero-order chi connectivity index (χ0) is 15.9. The van der Waals surface area contributed by atoms with Gasteiger partial charge in [-0.1, -0.05) is 34.5 Å². The van der Waals surface area contributed by atoms with Gasteiger partial charge in [-0.15, -0.1) is 0 Å². The van der Waals surface area contributed by atoms with Crippen LogP contribution in [-0.2, 0) is 0 Å². The molecule has 0 saturated carbocycles. The molecule has 0 atom stereocenters. The van der Waals surface area contributed by atoms with Gasteiger partial charge < -0.3 is 0 Å². The maximum Gasteiger partial charge on any atom is 0.257 e. The highest BCUT2D eigenvalue weighted by atomic mass is 35.5. The SMILES string of the molecule is O=C(Nc1nc2c(Cl)cc(Cl)cc2s1)c1cc(F)cc(F)c1. The molecule has 1 aromatic heterocycles. The average Bonchev–Trinajstić information content (AvgIpc) is 2.80. The van der Waals surface area contributed by atoms with Crippen molar-refractivity contribution in [3.8, 4) is 0 Å². The number of carbonyl (C=O) groups excluding carboxylic acids is 1. The molecular weight excluding hydrogens is 353 g/mol. The van der Waals surface area contributed by atoms with Crippen molar-refractivity contribution in [3.05, 3.63) is 57.6 Å². The van der Waals surface area contributed by atoms with Crippen LogP contribution in [0.25, 0.3) is 10.2 Å². The number of nitrogens with zero attached hydrogens (tertiary/aromatic N) is 1. The predicted octanol–water partition coefficient (Wildman–Crippen LogP) is 5.13. The Balaban J connectivity index is 1.92. The minimum Gasteiger partial charge on any atom is -0.298 e. The number of anilines is 1.